The van der Waals surface area contributed by atoms with Crippen molar-refractivity contribution < 1.29 is 18.3 Å². The Balaban J connectivity index is 2.68. The standard InChI is InChI=1S/C14H12F3NO/c1-2-5-12(19)10-8-13(14(15,16)17)18-11-7-4-3-6-9(10)11/h2-4,6-8,12,19H,1,5H2. The lowest BCUT2D eigenvalue weighted by atomic mass is 10.0. The molecule has 0 spiro atoms. The molecule has 0 radical (unpaired) electrons. The monoisotopic (exact) mass is 267 g/mol. The van der Waals surface area contributed by atoms with Crippen molar-refractivity contribution in [3.63, 3.8) is 0 Å². The number of hydrogen-bond donors (Lipinski definition) is 1. The first-order chi connectivity index (χ1) is 8.93. The average molecular weight is 267 g/mol. The van der Waals surface area contributed by atoms with Crippen LogP contribution >= 0.6 is 0 Å². The van der Waals surface area contributed by atoms with Gasteiger partial charge in [-0.3, -0.25) is 0 Å². The molecule has 0 aliphatic heterocycles. The van der Waals surface area contributed by atoms with Crippen molar-refractivity contribution in [1.82, 2.24) is 4.98 Å². The zero-order valence-corrected chi connectivity index (χ0v) is 9.98. The van der Waals surface area contributed by atoms with E-state index >= 15 is 0 Å². The van der Waals surface area contributed by atoms with Gasteiger partial charge < -0.3 is 5.11 Å². The van der Waals surface area contributed by atoms with E-state index in [-0.39, 0.29) is 17.5 Å². The lowest BCUT2D eigenvalue weighted by Crippen LogP contribution is -2.10. The minimum Gasteiger partial charge on any atom is -0.388 e. The number of pyridine rings is 1. The first-order valence-corrected chi connectivity index (χ1v) is 5.69. The fraction of sp³-hybridized carbons (Fsp3) is 0.214. The van der Waals surface area contributed by atoms with Gasteiger partial charge in [0.05, 0.1) is 11.6 Å². The van der Waals surface area contributed by atoms with Crippen molar-refractivity contribution in [1.29, 1.82) is 0 Å². The van der Waals surface area contributed by atoms with Gasteiger partial charge in [0.1, 0.15) is 5.69 Å². The largest absolute Gasteiger partial charge is 0.433 e. The van der Waals surface area contributed by atoms with Crippen LogP contribution in [0, 0.1) is 0 Å². The second kappa shape index (κ2) is 5.01. The Morgan fingerprint density at radius 1 is 1.32 bits per heavy atom. The Kier molecular flexibility index (Phi) is 3.57. The van der Waals surface area contributed by atoms with E-state index in [1.165, 1.54) is 12.1 Å². The molecule has 5 heteroatoms. The fourth-order valence-electron chi connectivity index (χ4n) is 1.91. The van der Waals surface area contributed by atoms with E-state index in [4.69, 9.17) is 0 Å². The maximum absolute atomic E-state index is 12.8. The van der Waals surface area contributed by atoms with Gasteiger partial charge in [0.2, 0.25) is 0 Å². The molecule has 1 unspecified atom stereocenters. The summed E-state index contributed by atoms with van der Waals surface area (Å²) < 4.78 is 38.3. The highest BCUT2D eigenvalue weighted by Gasteiger charge is 2.33. The van der Waals surface area contributed by atoms with Crippen LogP contribution in [0.5, 0.6) is 0 Å². The number of rotatable bonds is 3. The van der Waals surface area contributed by atoms with Crippen LogP contribution < -0.4 is 0 Å². The van der Waals surface area contributed by atoms with E-state index in [2.05, 4.69) is 11.6 Å². The summed E-state index contributed by atoms with van der Waals surface area (Å²) in [6.07, 6.45) is -3.91. The van der Waals surface area contributed by atoms with Gasteiger partial charge in [-0.15, -0.1) is 6.58 Å². The van der Waals surface area contributed by atoms with Crippen molar-refractivity contribution in [3.05, 3.63) is 54.2 Å². The molecule has 0 bridgehead atoms. The lowest BCUT2D eigenvalue weighted by Gasteiger charge is -2.15. The number of benzene rings is 1. The van der Waals surface area contributed by atoms with Gasteiger partial charge in [0.15, 0.2) is 0 Å². The predicted molar refractivity (Wildman–Crippen MR) is 66.5 cm³/mol. The molecule has 1 aromatic carbocycles. The SMILES string of the molecule is C=CCC(O)c1cc(C(F)(F)F)nc2ccccc12. The van der Waals surface area contributed by atoms with E-state index < -0.39 is 18.0 Å². The average Bonchev–Trinajstić information content (AvgIpc) is 2.36. The topological polar surface area (TPSA) is 33.1 Å². The van der Waals surface area contributed by atoms with Crippen molar-refractivity contribution in [2.45, 2.75) is 18.7 Å². The number of aliphatic hydroxyl groups excluding tert-OH is 1. The number of fused-ring (bicyclic) bond motifs is 1. The first-order valence-electron chi connectivity index (χ1n) is 5.69. The zero-order chi connectivity index (χ0) is 14.0. The summed E-state index contributed by atoms with van der Waals surface area (Å²) in [6.45, 7) is 3.48. The summed E-state index contributed by atoms with van der Waals surface area (Å²) in [7, 11) is 0. The van der Waals surface area contributed by atoms with Crippen molar-refractivity contribution in [3.8, 4) is 0 Å². The van der Waals surface area contributed by atoms with Crippen molar-refractivity contribution >= 4 is 10.9 Å². The molecule has 0 aliphatic carbocycles. The lowest BCUT2D eigenvalue weighted by molar-refractivity contribution is -0.141. The van der Waals surface area contributed by atoms with Crippen LogP contribution in [0.15, 0.2) is 43.0 Å². The van der Waals surface area contributed by atoms with E-state index in [9.17, 15) is 18.3 Å². The van der Waals surface area contributed by atoms with E-state index in [1.54, 1.807) is 18.2 Å². The third kappa shape index (κ3) is 2.76. The Hall–Kier alpha value is -1.88. The summed E-state index contributed by atoms with van der Waals surface area (Å²) in [5.74, 6) is 0. The van der Waals surface area contributed by atoms with Gasteiger partial charge in [-0.25, -0.2) is 4.98 Å². The number of hydrogen-bond acceptors (Lipinski definition) is 2. The van der Waals surface area contributed by atoms with Gasteiger partial charge in [0.25, 0.3) is 0 Å². The number of para-hydroxylation sites is 1. The van der Waals surface area contributed by atoms with Gasteiger partial charge in [-0.05, 0) is 24.1 Å². The smallest absolute Gasteiger partial charge is 0.388 e. The molecule has 0 saturated heterocycles. The molecule has 1 aromatic heterocycles. The Labute approximate surface area is 108 Å². The van der Waals surface area contributed by atoms with Crippen LogP contribution in [0.25, 0.3) is 10.9 Å². The van der Waals surface area contributed by atoms with Gasteiger partial charge in [0, 0.05) is 5.39 Å². The molecule has 0 saturated carbocycles. The highest BCUT2D eigenvalue weighted by Crippen LogP contribution is 2.33. The van der Waals surface area contributed by atoms with Crippen LogP contribution in [0.2, 0.25) is 0 Å². The zero-order valence-electron chi connectivity index (χ0n) is 9.98. The summed E-state index contributed by atoms with van der Waals surface area (Å²) in [5, 5.41) is 10.5. The Morgan fingerprint density at radius 3 is 2.63 bits per heavy atom. The molecule has 2 rings (SSSR count). The summed E-state index contributed by atoms with van der Waals surface area (Å²) in [6, 6.07) is 7.34. The molecule has 1 N–H and O–H groups in total. The van der Waals surface area contributed by atoms with Crippen LogP contribution in [-0.2, 0) is 6.18 Å². The fourth-order valence-corrected chi connectivity index (χ4v) is 1.91. The van der Waals surface area contributed by atoms with Crippen LogP contribution in [0.1, 0.15) is 23.8 Å². The molecule has 19 heavy (non-hydrogen) atoms. The molecule has 2 nitrogen and oxygen atoms in total. The van der Waals surface area contributed by atoms with Gasteiger partial charge in [-0.1, -0.05) is 24.3 Å². The van der Waals surface area contributed by atoms with Crippen molar-refractivity contribution in [2.24, 2.45) is 0 Å². The minimum atomic E-state index is -4.54. The van der Waals surface area contributed by atoms with Crippen molar-refractivity contribution in [2.75, 3.05) is 0 Å². The second-order valence-electron chi connectivity index (χ2n) is 4.15. The highest BCUT2D eigenvalue weighted by molar-refractivity contribution is 5.82. The highest BCUT2D eigenvalue weighted by atomic mass is 19.4. The second-order valence-corrected chi connectivity index (χ2v) is 4.15. The van der Waals surface area contributed by atoms with Gasteiger partial charge >= 0.3 is 6.18 Å². The van der Waals surface area contributed by atoms with E-state index in [0.717, 1.165) is 6.07 Å². The van der Waals surface area contributed by atoms with Gasteiger partial charge in [-0.2, -0.15) is 13.2 Å². The number of nitrogens with zero attached hydrogens (tertiary/aromatic N) is 1. The molecule has 0 aliphatic rings. The van der Waals surface area contributed by atoms with Crippen LogP contribution in [0.3, 0.4) is 0 Å². The van der Waals surface area contributed by atoms with Crippen LogP contribution in [0.4, 0.5) is 13.2 Å². The van der Waals surface area contributed by atoms with Crippen LogP contribution in [-0.4, -0.2) is 10.1 Å². The molecular weight excluding hydrogens is 255 g/mol. The number of halogens is 3. The maximum Gasteiger partial charge on any atom is 0.433 e. The summed E-state index contributed by atoms with van der Waals surface area (Å²) in [4.78, 5) is 3.59. The molecular formula is C14H12F3NO. The quantitative estimate of drug-likeness (QED) is 0.856. The number of aromatic nitrogens is 1. The third-order valence-corrected chi connectivity index (χ3v) is 2.79. The minimum absolute atomic E-state index is 0.186. The maximum atomic E-state index is 12.8. The normalized spacial score (nSPS) is 13.5. The number of aliphatic hydroxyl groups is 1. The summed E-state index contributed by atoms with van der Waals surface area (Å²) in [5.41, 5.74) is -0.558. The molecule has 0 amide bonds. The van der Waals surface area contributed by atoms with E-state index in [1.807, 2.05) is 0 Å². The summed E-state index contributed by atoms with van der Waals surface area (Å²) >= 11 is 0. The Morgan fingerprint density at radius 2 is 2.00 bits per heavy atom. The molecule has 1 atom stereocenters. The first kappa shape index (κ1) is 13.5. The molecule has 1 heterocycles. The predicted octanol–water partition coefficient (Wildman–Crippen LogP) is 3.86. The third-order valence-electron chi connectivity index (χ3n) is 2.79. The molecule has 2 aromatic rings. The molecule has 0 fully saturated rings. The number of alkyl halides is 3. The Bertz CT molecular complexity index is 607. The molecule has 100 valence electrons. The van der Waals surface area contributed by atoms with E-state index in [0.29, 0.717) is 5.39 Å².